The van der Waals surface area contributed by atoms with Gasteiger partial charge in [0.2, 0.25) is 0 Å². The van der Waals surface area contributed by atoms with Gasteiger partial charge in [0.05, 0.1) is 0 Å². The normalized spacial score (nSPS) is 10.1. The van der Waals surface area contributed by atoms with Crippen LogP contribution >= 0.6 is 0 Å². The molecule has 1 nitrogen and oxygen atoms in total. The van der Waals surface area contributed by atoms with Gasteiger partial charge in [-0.3, -0.25) is 0 Å². The van der Waals surface area contributed by atoms with Gasteiger partial charge in [-0.1, -0.05) is 42.0 Å². The molecule has 0 aliphatic heterocycles. The van der Waals surface area contributed by atoms with E-state index < -0.39 is 0 Å². The highest BCUT2D eigenvalue weighted by Gasteiger charge is 1.99. The maximum Gasteiger partial charge on any atom is 0.127 e. The molecule has 0 aliphatic carbocycles. The molecule has 0 bridgehead atoms. The third-order valence-corrected chi connectivity index (χ3v) is 2.56. The first-order valence-electron chi connectivity index (χ1n) is 5.41. The molecule has 0 spiro atoms. The Bertz CT molecular complexity index is 460. The Kier molecular flexibility index (Phi) is 3.25. The third kappa shape index (κ3) is 2.63. The molecule has 2 aromatic rings. The molecule has 81 valence electrons. The Labute approximate surface area is 96.7 Å². The van der Waals surface area contributed by atoms with Gasteiger partial charge in [0, 0.05) is 6.07 Å². The summed E-state index contributed by atoms with van der Waals surface area (Å²) >= 11 is 0. The minimum atomic E-state index is 0.604. The van der Waals surface area contributed by atoms with Gasteiger partial charge < -0.3 is 4.74 Å². The summed E-state index contributed by atoms with van der Waals surface area (Å²) < 4.78 is 5.66. The van der Waals surface area contributed by atoms with Crippen molar-refractivity contribution in [3.05, 3.63) is 65.2 Å². The zero-order chi connectivity index (χ0) is 11.4. The van der Waals surface area contributed by atoms with Crippen LogP contribution in [0.5, 0.6) is 5.75 Å². The molecule has 2 aromatic carbocycles. The number of ether oxygens (including phenoxy) is 1. The van der Waals surface area contributed by atoms with Crippen LogP contribution in [0.4, 0.5) is 0 Å². The van der Waals surface area contributed by atoms with E-state index in [0.29, 0.717) is 6.61 Å². The van der Waals surface area contributed by atoms with Crippen molar-refractivity contribution in [1.82, 2.24) is 0 Å². The highest BCUT2D eigenvalue weighted by atomic mass is 16.5. The van der Waals surface area contributed by atoms with Crippen LogP contribution in [0.3, 0.4) is 0 Å². The van der Waals surface area contributed by atoms with Gasteiger partial charge in [-0.05, 0) is 31.0 Å². The van der Waals surface area contributed by atoms with Crippen molar-refractivity contribution in [1.29, 1.82) is 0 Å². The summed E-state index contributed by atoms with van der Waals surface area (Å²) in [5, 5.41) is 0. The van der Waals surface area contributed by atoms with Gasteiger partial charge in [0.25, 0.3) is 0 Å². The van der Waals surface area contributed by atoms with E-state index in [4.69, 9.17) is 4.74 Å². The smallest absolute Gasteiger partial charge is 0.127 e. The fourth-order valence-electron chi connectivity index (χ4n) is 1.63. The lowest BCUT2D eigenvalue weighted by Gasteiger charge is -2.08. The first-order valence-corrected chi connectivity index (χ1v) is 5.41. The van der Waals surface area contributed by atoms with Crippen molar-refractivity contribution in [2.75, 3.05) is 0 Å². The molecule has 1 heteroatoms. The zero-order valence-electron chi connectivity index (χ0n) is 9.66. The molecular weight excluding hydrogens is 196 g/mol. The number of aryl methyl sites for hydroxylation is 2. The second kappa shape index (κ2) is 4.84. The van der Waals surface area contributed by atoms with Gasteiger partial charge in [-0.15, -0.1) is 0 Å². The van der Waals surface area contributed by atoms with Crippen LogP contribution in [0.2, 0.25) is 0 Å². The molecule has 0 aliphatic rings. The fraction of sp³-hybridized carbons (Fsp3) is 0.200. The largest absolute Gasteiger partial charge is 0.488 e. The summed E-state index contributed by atoms with van der Waals surface area (Å²) in [7, 11) is 0. The van der Waals surface area contributed by atoms with E-state index in [2.05, 4.69) is 38.1 Å². The monoisotopic (exact) mass is 211 g/mol. The van der Waals surface area contributed by atoms with Crippen LogP contribution in [-0.4, -0.2) is 0 Å². The Morgan fingerprint density at radius 2 is 2.00 bits per heavy atom. The summed E-state index contributed by atoms with van der Waals surface area (Å²) in [5.74, 6) is 0.794. The molecule has 0 saturated carbocycles. The van der Waals surface area contributed by atoms with Gasteiger partial charge >= 0.3 is 0 Å². The number of rotatable bonds is 3. The van der Waals surface area contributed by atoms with Crippen molar-refractivity contribution in [2.45, 2.75) is 20.5 Å². The van der Waals surface area contributed by atoms with Gasteiger partial charge in [-0.25, -0.2) is 0 Å². The number of para-hydroxylation sites is 1. The van der Waals surface area contributed by atoms with E-state index in [1.54, 1.807) is 0 Å². The topological polar surface area (TPSA) is 9.23 Å². The van der Waals surface area contributed by atoms with Crippen LogP contribution in [0.1, 0.15) is 16.7 Å². The van der Waals surface area contributed by atoms with E-state index in [1.807, 2.05) is 24.3 Å². The minimum Gasteiger partial charge on any atom is -0.488 e. The first kappa shape index (κ1) is 10.7. The SMILES string of the molecule is Cc1ccc(COc2[c]cccc2)c(C)c1. The quantitative estimate of drug-likeness (QED) is 0.752. The van der Waals surface area contributed by atoms with Crippen LogP contribution < -0.4 is 4.74 Å². The zero-order valence-corrected chi connectivity index (χ0v) is 9.66. The summed E-state index contributed by atoms with van der Waals surface area (Å²) in [6, 6.07) is 17.1. The molecule has 0 fully saturated rings. The van der Waals surface area contributed by atoms with Crippen LogP contribution in [0, 0.1) is 19.9 Å². The minimum absolute atomic E-state index is 0.604. The second-order valence-corrected chi connectivity index (χ2v) is 3.95. The third-order valence-electron chi connectivity index (χ3n) is 2.56. The summed E-state index contributed by atoms with van der Waals surface area (Å²) in [5.41, 5.74) is 3.78. The highest BCUT2D eigenvalue weighted by molar-refractivity contribution is 5.30. The van der Waals surface area contributed by atoms with Crippen molar-refractivity contribution in [3.8, 4) is 5.75 Å². The molecule has 0 saturated heterocycles. The van der Waals surface area contributed by atoms with E-state index >= 15 is 0 Å². The Hall–Kier alpha value is -1.76. The van der Waals surface area contributed by atoms with E-state index in [-0.39, 0.29) is 0 Å². The number of hydrogen-bond acceptors (Lipinski definition) is 1. The Morgan fingerprint density at radius 3 is 2.69 bits per heavy atom. The van der Waals surface area contributed by atoms with Crippen LogP contribution in [0.25, 0.3) is 0 Å². The van der Waals surface area contributed by atoms with Crippen molar-refractivity contribution < 1.29 is 4.74 Å². The summed E-state index contributed by atoms with van der Waals surface area (Å²) in [6.07, 6.45) is 0. The maximum absolute atomic E-state index is 5.66. The first-order chi connectivity index (χ1) is 7.75. The Balaban J connectivity index is 2.05. The lowest BCUT2D eigenvalue weighted by atomic mass is 10.1. The lowest BCUT2D eigenvalue weighted by molar-refractivity contribution is 0.305. The van der Waals surface area contributed by atoms with Crippen LogP contribution in [0.15, 0.2) is 42.5 Å². The van der Waals surface area contributed by atoms with Gasteiger partial charge in [0.1, 0.15) is 12.4 Å². The average Bonchev–Trinajstić information content (AvgIpc) is 2.29. The van der Waals surface area contributed by atoms with E-state index in [1.165, 1.54) is 16.7 Å². The molecular formula is C15H15O. The highest BCUT2D eigenvalue weighted by Crippen LogP contribution is 2.14. The van der Waals surface area contributed by atoms with Gasteiger partial charge in [0.15, 0.2) is 0 Å². The summed E-state index contributed by atoms with van der Waals surface area (Å²) in [4.78, 5) is 0. The predicted octanol–water partition coefficient (Wildman–Crippen LogP) is 3.68. The maximum atomic E-state index is 5.66. The molecule has 16 heavy (non-hydrogen) atoms. The molecule has 0 aromatic heterocycles. The van der Waals surface area contributed by atoms with Gasteiger partial charge in [-0.2, -0.15) is 0 Å². The molecule has 0 unspecified atom stereocenters. The van der Waals surface area contributed by atoms with E-state index in [0.717, 1.165) is 5.75 Å². The van der Waals surface area contributed by atoms with E-state index in [9.17, 15) is 0 Å². The molecule has 2 rings (SSSR count). The summed E-state index contributed by atoms with van der Waals surface area (Å²) in [6.45, 7) is 4.82. The number of benzene rings is 2. The molecule has 1 radical (unpaired) electrons. The molecule has 0 atom stereocenters. The molecule has 0 heterocycles. The van der Waals surface area contributed by atoms with Crippen molar-refractivity contribution in [2.24, 2.45) is 0 Å². The predicted molar refractivity (Wildman–Crippen MR) is 65.5 cm³/mol. The average molecular weight is 211 g/mol. The fourth-order valence-corrected chi connectivity index (χ4v) is 1.63. The standard InChI is InChI=1S/C15H15O/c1-12-8-9-14(13(2)10-12)11-16-15-6-4-3-5-7-15/h3-6,8-10H,11H2,1-2H3. The molecule has 0 N–H and O–H groups in total. The van der Waals surface area contributed by atoms with Crippen molar-refractivity contribution in [3.63, 3.8) is 0 Å². The van der Waals surface area contributed by atoms with Crippen LogP contribution in [-0.2, 0) is 6.61 Å². The van der Waals surface area contributed by atoms with Crippen molar-refractivity contribution >= 4 is 0 Å². The second-order valence-electron chi connectivity index (χ2n) is 3.95. The Morgan fingerprint density at radius 1 is 1.12 bits per heavy atom. The molecule has 0 amide bonds. The lowest BCUT2D eigenvalue weighted by Crippen LogP contribution is -1.98. The number of hydrogen-bond donors (Lipinski definition) is 0.